The minimum atomic E-state index is -0.159. The number of fused-ring (bicyclic) bond motifs is 1. The molecule has 0 radical (unpaired) electrons. The van der Waals surface area contributed by atoms with Crippen LogP contribution in [0.3, 0.4) is 0 Å². The van der Waals surface area contributed by atoms with Gasteiger partial charge in [0, 0.05) is 38.4 Å². The van der Waals surface area contributed by atoms with Crippen LogP contribution in [0.1, 0.15) is 24.4 Å². The Kier molecular flexibility index (Phi) is 4.03. The fourth-order valence-corrected chi connectivity index (χ4v) is 3.78. The highest BCUT2D eigenvalue weighted by Crippen LogP contribution is 2.25. The third kappa shape index (κ3) is 3.16. The second-order valence-electron chi connectivity index (χ2n) is 6.93. The van der Waals surface area contributed by atoms with Crippen LogP contribution in [-0.4, -0.2) is 49.6 Å². The summed E-state index contributed by atoms with van der Waals surface area (Å²) in [5, 5.41) is 9.32. The largest absolute Gasteiger partial charge is 0.342 e. The summed E-state index contributed by atoms with van der Waals surface area (Å²) < 4.78 is 2.10. The molecular formula is C17H22N6O2. The van der Waals surface area contributed by atoms with Gasteiger partial charge in [-0.05, 0) is 19.8 Å². The van der Waals surface area contributed by atoms with Gasteiger partial charge in [-0.15, -0.1) is 0 Å². The van der Waals surface area contributed by atoms with Crippen LogP contribution in [0.25, 0.3) is 0 Å². The second-order valence-corrected chi connectivity index (χ2v) is 6.93. The number of aryl methyl sites for hydroxylation is 2. The van der Waals surface area contributed by atoms with Gasteiger partial charge in [0.1, 0.15) is 5.82 Å². The second kappa shape index (κ2) is 6.34. The van der Waals surface area contributed by atoms with Crippen LogP contribution in [-0.2, 0) is 22.6 Å². The van der Waals surface area contributed by atoms with Gasteiger partial charge in [0.05, 0.1) is 29.4 Å². The Hall–Kier alpha value is -2.64. The first-order valence-electron chi connectivity index (χ1n) is 8.71. The predicted molar refractivity (Wildman–Crippen MR) is 90.7 cm³/mol. The standard InChI is InChI=1S/C17H22N6O2/c1-11-8-23-10-13(2-3-15(23)20-11)17(25)22-5-4-12(9-22)16(24)21-14-6-18-19-7-14/h6-8,12-13H,2-5,9-10H2,1H3,(H,18,19)(H,21,24). The van der Waals surface area contributed by atoms with E-state index in [1.807, 2.05) is 18.0 Å². The van der Waals surface area contributed by atoms with Crippen molar-refractivity contribution in [3.8, 4) is 0 Å². The molecule has 1 saturated heterocycles. The maximum absolute atomic E-state index is 12.8. The number of nitrogens with one attached hydrogen (secondary N) is 2. The molecule has 2 aliphatic rings. The number of hydrogen-bond donors (Lipinski definition) is 2. The number of H-pyrrole nitrogens is 1. The van der Waals surface area contributed by atoms with Crippen molar-refractivity contribution in [2.75, 3.05) is 18.4 Å². The molecule has 4 heterocycles. The highest BCUT2D eigenvalue weighted by molar-refractivity contribution is 5.93. The van der Waals surface area contributed by atoms with Crippen molar-refractivity contribution in [1.29, 1.82) is 0 Å². The molecule has 2 aliphatic heterocycles. The summed E-state index contributed by atoms with van der Waals surface area (Å²) in [5.74, 6) is 1.01. The first-order chi connectivity index (χ1) is 12.1. The zero-order chi connectivity index (χ0) is 17.4. The van der Waals surface area contributed by atoms with Crippen LogP contribution in [0.2, 0.25) is 0 Å². The number of nitrogens with zero attached hydrogens (tertiary/aromatic N) is 4. The summed E-state index contributed by atoms with van der Waals surface area (Å²) in [4.78, 5) is 31.5. The topological polar surface area (TPSA) is 95.9 Å². The van der Waals surface area contributed by atoms with E-state index in [-0.39, 0.29) is 23.7 Å². The van der Waals surface area contributed by atoms with Crippen LogP contribution in [0.15, 0.2) is 18.6 Å². The van der Waals surface area contributed by atoms with E-state index in [0.717, 1.165) is 24.4 Å². The number of carbonyl (C=O) groups is 2. The van der Waals surface area contributed by atoms with Crippen LogP contribution in [0.5, 0.6) is 0 Å². The van der Waals surface area contributed by atoms with Crippen LogP contribution < -0.4 is 5.32 Å². The highest BCUT2D eigenvalue weighted by atomic mass is 16.2. The summed E-state index contributed by atoms with van der Waals surface area (Å²) >= 11 is 0. The molecule has 0 saturated carbocycles. The fourth-order valence-electron chi connectivity index (χ4n) is 3.78. The summed E-state index contributed by atoms with van der Waals surface area (Å²) in [5.41, 5.74) is 1.66. The molecule has 0 aliphatic carbocycles. The third-order valence-electron chi connectivity index (χ3n) is 5.10. The van der Waals surface area contributed by atoms with E-state index in [1.165, 1.54) is 0 Å². The Morgan fingerprint density at radius 2 is 2.16 bits per heavy atom. The number of likely N-dealkylation sites (tertiary alicyclic amines) is 1. The minimum Gasteiger partial charge on any atom is -0.342 e. The molecule has 0 aromatic carbocycles. The molecule has 8 nitrogen and oxygen atoms in total. The number of anilines is 1. The number of imidazole rings is 1. The van der Waals surface area contributed by atoms with Crippen molar-refractivity contribution in [3.63, 3.8) is 0 Å². The van der Waals surface area contributed by atoms with E-state index >= 15 is 0 Å². The van der Waals surface area contributed by atoms with E-state index in [4.69, 9.17) is 0 Å². The van der Waals surface area contributed by atoms with Gasteiger partial charge >= 0.3 is 0 Å². The quantitative estimate of drug-likeness (QED) is 0.868. The van der Waals surface area contributed by atoms with E-state index in [2.05, 4.69) is 25.1 Å². The van der Waals surface area contributed by atoms with Crippen molar-refractivity contribution in [3.05, 3.63) is 30.1 Å². The third-order valence-corrected chi connectivity index (χ3v) is 5.10. The first-order valence-corrected chi connectivity index (χ1v) is 8.71. The van der Waals surface area contributed by atoms with Gasteiger partial charge in [0.2, 0.25) is 11.8 Å². The smallest absolute Gasteiger partial charge is 0.229 e. The van der Waals surface area contributed by atoms with Gasteiger partial charge in [-0.2, -0.15) is 5.10 Å². The summed E-state index contributed by atoms with van der Waals surface area (Å²) in [7, 11) is 0. The number of carbonyl (C=O) groups excluding carboxylic acids is 2. The molecule has 2 N–H and O–H groups in total. The average molecular weight is 342 g/mol. The number of rotatable bonds is 3. The molecule has 0 spiro atoms. The van der Waals surface area contributed by atoms with Gasteiger partial charge in [-0.25, -0.2) is 4.98 Å². The van der Waals surface area contributed by atoms with Crippen molar-refractivity contribution in [1.82, 2.24) is 24.6 Å². The number of amides is 2. The molecule has 2 amide bonds. The van der Waals surface area contributed by atoms with Gasteiger partial charge in [-0.3, -0.25) is 14.7 Å². The van der Waals surface area contributed by atoms with Crippen LogP contribution in [0.4, 0.5) is 5.69 Å². The molecule has 8 heteroatoms. The number of aromatic nitrogens is 4. The van der Waals surface area contributed by atoms with E-state index in [1.54, 1.807) is 12.4 Å². The van der Waals surface area contributed by atoms with Gasteiger partial charge in [0.15, 0.2) is 0 Å². The molecule has 2 unspecified atom stereocenters. The van der Waals surface area contributed by atoms with Gasteiger partial charge in [0.25, 0.3) is 0 Å². The maximum atomic E-state index is 12.8. The molecule has 0 bridgehead atoms. The summed E-state index contributed by atoms with van der Waals surface area (Å²) in [6.07, 6.45) is 7.60. The zero-order valence-corrected chi connectivity index (χ0v) is 14.2. The monoisotopic (exact) mass is 342 g/mol. The average Bonchev–Trinajstić information content (AvgIpc) is 3.33. The molecule has 1 fully saturated rings. The molecule has 25 heavy (non-hydrogen) atoms. The van der Waals surface area contributed by atoms with Gasteiger partial charge in [-0.1, -0.05) is 0 Å². The molecule has 2 aromatic rings. The Balaban J connectivity index is 1.35. The van der Waals surface area contributed by atoms with Crippen molar-refractivity contribution in [2.24, 2.45) is 11.8 Å². The normalized spacial score (nSPS) is 22.7. The Morgan fingerprint density at radius 3 is 2.96 bits per heavy atom. The minimum absolute atomic E-state index is 0.0169. The number of aromatic amines is 1. The lowest BCUT2D eigenvalue weighted by molar-refractivity contribution is -0.135. The molecule has 2 atom stereocenters. The molecule has 132 valence electrons. The van der Waals surface area contributed by atoms with Crippen molar-refractivity contribution in [2.45, 2.75) is 32.7 Å². The lowest BCUT2D eigenvalue weighted by atomic mass is 9.98. The fraction of sp³-hybridized carbons (Fsp3) is 0.529. The van der Waals surface area contributed by atoms with Crippen molar-refractivity contribution < 1.29 is 9.59 Å². The predicted octanol–water partition coefficient (Wildman–Crippen LogP) is 0.964. The van der Waals surface area contributed by atoms with E-state index in [9.17, 15) is 9.59 Å². The van der Waals surface area contributed by atoms with Crippen LogP contribution in [0, 0.1) is 18.8 Å². The zero-order valence-electron chi connectivity index (χ0n) is 14.2. The molecule has 2 aromatic heterocycles. The Labute approximate surface area is 145 Å². The highest BCUT2D eigenvalue weighted by Gasteiger charge is 2.35. The SMILES string of the molecule is Cc1cn2c(n1)CCC(C(=O)N1CCC(C(=O)Nc3cn[nH]c3)C1)C2. The maximum Gasteiger partial charge on any atom is 0.229 e. The lowest BCUT2D eigenvalue weighted by Gasteiger charge is -2.27. The van der Waals surface area contributed by atoms with Crippen molar-refractivity contribution >= 4 is 17.5 Å². The summed E-state index contributed by atoms with van der Waals surface area (Å²) in [6, 6.07) is 0. The lowest BCUT2D eigenvalue weighted by Crippen LogP contribution is -2.39. The van der Waals surface area contributed by atoms with E-state index < -0.39 is 0 Å². The molecular weight excluding hydrogens is 320 g/mol. The Morgan fingerprint density at radius 1 is 1.28 bits per heavy atom. The van der Waals surface area contributed by atoms with Crippen LogP contribution >= 0.6 is 0 Å². The van der Waals surface area contributed by atoms with E-state index in [0.29, 0.717) is 31.7 Å². The summed E-state index contributed by atoms with van der Waals surface area (Å²) in [6.45, 7) is 3.81. The Bertz CT molecular complexity index is 781. The number of hydrogen-bond acceptors (Lipinski definition) is 4. The van der Waals surface area contributed by atoms with Gasteiger partial charge < -0.3 is 14.8 Å². The first kappa shape index (κ1) is 15.9. The molecule has 4 rings (SSSR count).